The average Bonchev–Trinajstić information content (AvgIpc) is 2.70. The molecule has 0 fully saturated rings. The molecule has 0 saturated heterocycles. The summed E-state index contributed by atoms with van der Waals surface area (Å²) in [5.41, 5.74) is 3.33. The fourth-order valence-corrected chi connectivity index (χ4v) is 3.11. The zero-order valence-electron chi connectivity index (χ0n) is 17.6. The van der Waals surface area contributed by atoms with Crippen molar-refractivity contribution in [3.63, 3.8) is 0 Å². The van der Waals surface area contributed by atoms with Crippen LogP contribution in [0.4, 0.5) is 4.39 Å². The van der Waals surface area contributed by atoms with Crippen LogP contribution in [0, 0.1) is 19.7 Å². The molecular weight excluding hydrogens is 387 g/mol. The maximum absolute atomic E-state index is 14.0. The smallest absolute Gasteiger partial charge is 0.328 e. The molecule has 0 aliphatic rings. The number of hydrogen-bond acceptors (Lipinski definition) is 4. The highest BCUT2D eigenvalue weighted by Gasteiger charge is 2.28. The van der Waals surface area contributed by atoms with E-state index in [0.29, 0.717) is 0 Å². The van der Waals surface area contributed by atoms with Crippen LogP contribution in [0.2, 0.25) is 0 Å². The summed E-state index contributed by atoms with van der Waals surface area (Å²) in [5.74, 6) is -2.10. The second-order valence-electron chi connectivity index (χ2n) is 7.26. The Morgan fingerprint density at radius 1 is 0.967 bits per heavy atom. The first kappa shape index (κ1) is 23.1. The topological polar surface area (TPSA) is 84.5 Å². The molecule has 2 aromatic carbocycles. The molecule has 0 bridgehead atoms. The molecule has 7 heteroatoms. The summed E-state index contributed by atoms with van der Waals surface area (Å²) in [5, 5.41) is 5.17. The molecule has 0 radical (unpaired) electrons. The number of nitrogens with one attached hydrogen (secondary N) is 2. The number of rotatable bonds is 8. The van der Waals surface area contributed by atoms with Gasteiger partial charge in [0.25, 0.3) is 0 Å². The predicted molar refractivity (Wildman–Crippen MR) is 111 cm³/mol. The molecule has 0 aromatic heterocycles. The molecular formula is C23H27FN2O4. The molecule has 2 N–H and O–H groups in total. The highest BCUT2D eigenvalue weighted by atomic mass is 19.1. The number of amides is 2. The zero-order valence-corrected chi connectivity index (χ0v) is 17.6. The molecule has 0 spiro atoms. The molecule has 2 rings (SSSR count). The van der Waals surface area contributed by atoms with Gasteiger partial charge < -0.3 is 15.4 Å². The van der Waals surface area contributed by atoms with E-state index < -0.39 is 35.7 Å². The van der Waals surface area contributed by atoms with Crippen molar-refractivity contribution >= 4 is 17.8 Å². The van der Waals surface area contributed by atoms with Crippen molar-refractivity contribution in [2.24, 2.45) is 0 Å². The summed E-state index contributed by atoms with van der Waals surface area (Å²) >= 11 is 0. The molecule has 0 heterocycles. The van der Waals surface area contributed by atoms with Crippen LogP contribution in [0.1, 0.15) is 29.2 Å². The SMILES string of the molecule is COC(=O)[C@H](Cc1ccc(C)c(C)c1)NC(=O)[C@H](Cc1ccccc1F)NC(C)=O. The second-order valence-corrected chi connectivity index (χ2v) is 7.26. The van der Waals surface area contributed by atoms with E-state index in [9.17, 15) is 18.8 Å². The molecule has 0 aliphatic heterocycles. The Bertz CT molecular complexity index is 929. The van der Waals surface area contributed by atoms with Crippen LogP contribution < -0.4 is 10.6 Å². The normalized spacial score (nSPS) is 12.6. The number of methoxy groups -OCH3 is 1. The Morgan fingerprint density at radius 2 is 1.67 bits per heavy atom. The van der Waals surface area contributed by atoms with Gasteiger partial charge in [-0.15, -0.1) is 0 Å². The lowest BCUT2D eigenvalue weighted by Gasteiger charge is -2.22. The Morgan fingerprint density at radius 3 is 2.27 bits per heavy atom. The van der Waals surface area contributed by atoms with Gasteiger partial charge in [0.15, 0.2) is 0 Å². The molecule has 0 aliphatic carbocycles. The van der Waals surface area contributed by atoms with Gasteiger partial charge in [-0.1, -0.05) is 36.4 Å². The largest absolute Gasteiger partial charge is 0.467 e. The van der Waals surface area contributed by atoms with Gasteiger partial charge in [-0.05, 0) is 42.2 Å². The third kappa shape index (κ3) is 6.40. The number of halogens is 1. The maximum Gasteiger partial charge on any atom is 0.328 e. The Hall–Kier alpha value is -3.22. The second kappa shape index (κ2) is 10.5. The maximum atomic E-state index is 14.0. The fraction of sp³-hybridized carbons (Fsp3) is 0.348. The van der Waals surface area contributed by atoms with Crippen LogP contribution in [-0.2, 0) is 32.0 Å². The van der Waals surface area contributed by atoms with Crippen molar-refractivity contribution in [2.75, 3.05) is 7.11 Å². The van der Waals surface area contributed by atoms with Gasteiger partial charge in [0, 0.05) is 19.8 Å². The first-order valence-electron chi connectivity index (χ1n) is 9.66. The van der Waals surface area contributed by atoms with E-state index in [1.165, 1.54) is 20.1 Å². The molecule has 160 valence electrons. The van der Waals surface area contributed by atoms with Crippen molar-refractivity contribution in [3.8, 4) is 0 Å². The molecule has 6 nitrogen and oxygen atoms in total. The number of hydrogen-bond donors (Lipinski definition) is 2. The lowest BCUT2D eigenvalue weighted by atomic mass is 10.00. The van der Waals surface area contributed by atoms with Crippen LogP contribution in [0.25, 0.3) is 0 Å². The first-order chi connectivity index (χ1) is 14.2. The Labute approximate surface area is 175 Å². The minimum atomic E-state index is -1.04. The average molecular weight is 414 g/mol. The lowest BCUT2D eigenvalue weighted by molar-refractivity contribution is -0.145. The summed E-state index contributed by atoms with van der Waals surface area (Å²) in [4.78, 5) is 36.8. The van der Waals surface area contributed by atoms with Gasteiger partial charge in [-0.25, -0.2) is 9.18 Å². The van der Waals surface area contributed by atoms with Gasteiger partial charge >= 0.3 is 5.97 Å². The van der Waals surface area contributed by atoms with Gasteiger partial charge in [0.05, 0.1) is 7.11 Å². The highest BCUT2D eigenvalue weighted by molar-refractivity contribution is 5.90. The third-order valence-electron chi connectivity index (χ3n) is 4.89. The van der Waals surface area contributed by atoms with E-state index >= 15 is 0 Å². The van der Waals surface area contributed by atoms with Crippen molar-refractivity contribution < 1.29 is 23.5 Å². The summed E-state index contributed by atoms with van der Waals surface area (Å²) < 4.78 is 18.9. The van der Waals surface area contributed by atoms with Crippen LogP contribution in [0.3, 0.4) is 0 Å². The van der Waals surface area contributed by atoms with Crippen molar-refractivity contribution in [3.05, 3.63) is 70.5 Å². The minimum absolute atomic E-state index is 0.0460. The van der Waals surface area contributed by atoms with Gasteiger partial charge in [-0.2, -0.15) is 0 Å². The number of carbonyl (C=O) groups is 3. The molecule has 0 unspecified atom stereocenters. The first-order valence-corrected chi connectivity index (χ1v) is 9.66. The number of benzene rings is 2. The monoisotopic (exact) mass is 414 g/mol. The quantitative estimate of drug-likeness (QED) is 0.650. The molecule has 30 heavy (non-hydrogen) atoms. The van der Waals surface area contributed by atoms with E-state index in [-0.39, 0.29) is 18.4 Å². The fourth-order valence-electron chi connectivity index (χ4n) is 3.11. The molecule has 2 amide bonds. The van der Waals surface area contributed by atoms with Crippen molar-refractivity contribution in [1.29, 1.82) is 0 Å². The molecule has 2 atom stereocenters. The highest BCUT2D eigenvalue weighted by Crippen LogP contribution is 2.13. The minimum Gasteiger partial charge on any atom is -0.467 e. The van der Waals surface area contributed by atoms with Gasteiger partial charge in [0.1, 0.15) is 17.9 Å². The van der Waals surface area contributed by atoms with E-state index in [1.54, 1.807) is 18.2 Å². The number of ether oxygens (including phenoxy) is 1. The van der Waals surface area contributed by atoms with Crippen LogP contribution >= 0.6 is 0 Å². The van der Waals surface area contributed by atoms with Crippen LogP contribution in [-0.4, -0.2) is 37.0 Å². The van der Waals surface area contributed by atoms with Gasteiger partial charge in [-0.3, -0.25) is 9.59 Å². The predicted octanol–water partition coefficient (Wildman–Crippen LogP) is 2.39. The number of aryl methyl sites for hydroxylation is 2. The van der Waals surface area contributed by atoms with Crippen LogP contribution in [0.5, 0.6) is 0 Å². The molecule has 0 saturated carbocycles. The van der Waals surface area contributed by atoms with Crippen molar-refractivity contribution in [1.82, 2.24) is 10.6 Å². The van der Waals surface area contributed by atoms with Crippen molar-refractivity contribution in [2.45, 2.75) is 45.7 Å². The van der Waals surface area contributed by atoms with Crippen LogP contribution in [0.15, 0.2) is 42.5 Å². The Kier molecular flexibility index (Phi) is 8.09. The third-order valence-corrected chi connectivity index (χ3v) is 4.89. The van der Waals surface area contributed by atoms with Gasteiger partial charge in [0.2, 0.25) is 11.8 Å². The number of carbonyl (C=O) groups excluding carboxylic acids is 3. The number of esters is 1. The van der Waals surface area contributed by atoms with E-state index in [2.05, 4.69) is 10.6 Å². The van der Waals surface area contributed by atoms with E-state index in [0.717, 1.165) is 16.7 Å². The summed E-state index contributed by atoms with van der Waals surface area (Å²) in [6, 6.07) is 9.82. The zero-order chi connectivity index (χ0) is 22.3. The Balaban J connectivity index is 2.20. The summed E-state index contributed by atoms with van der Waals surface area (Å²) in [7, 11) is 1.24. The molecule has 2 aromatic rings. The standard InChI is InChI=1S/C23H27FN2O4/c1-14-9-10-17(11-15(14)2)12-21(23(29)30-4)26-22(28)20(25-16(3)27)13-18-7-5-6-8-19(18)24/h5-11,20-21H,12-13H2,1-4H3,(H,25,27)(H,26,28)/t20-,21-/m0/s1. The lowest BCUT2D eigenvalue weighted by Crippen LogP contribution is -2.53. The van der Waals surface area contributed by atoms with E-state index in [4.69, 9.17) is 4.74 Å². The van der Waals surface area contributed by atoms with E-state index in [1.807, 2.05) is 32.0 Å². The summed E-state index contributed by atoms with van der Waals surface area (Å²) in [6.07, 6.45) is 0.182. The summed E-state index contributed by atoms with van der Waals surface area (Å²) in [6.45, 7) is 5.22.